The minimum atomic E-state index is -0.242. The van der Waals surface area contributed by atoms with Gasteiger partial charge in [0.1, 0.15) is 5.75 Å². The van der Waals surface area contributed by atoms with E-state index in [0.717, 1.165) is 37.0 Å². The Bertz CT molecular complexity index is 691. The lowest BCUT2D eigenvalue weighted by Gasteiger charge is -2.56. The van der Waals surface area contributed by atoms with E-state index in [4.69, 9.17) is 21.1 Å². The van der Waals surface area contributed by atoms with Crippen molar-refractivity contribution in [3.05, 3.63) is 28.8 Å². The number of ether oxygens (including phenoxy) is 2. The first-order chi connectivity index (χ1) is 12.5. The van der Waals surface area contributed by atoms with Crippen molar-refractivity contribution in [3.63, 3.8) is 0 Å². The average molecular weight is 377 g/mol. The first-order valence-electron chi connectivity index (χ1n) is 9.49. The third-order valence-corrected chi connectivity index (χ3v) is 6.82. The zero-order valence-electron chi connectivity index (χ0n) is 15.1. The Kier molecular flexibility index (Phi) is 4.72. The van der Waals surface area contributed by atoms with Crippen LogP contribution in [0.4, 0.5) is 0 Å². The second kappa shape index (κ2) is 6.88. The Labute approximate surface area is 159 Å². The maximum atomic E-state index is 12.4. The molecule has 1 aromatic rings. The molecule has 0 aliphatic heterocycles. The van der Waals surface area contributed by atoms with Crippen LogP contribution in [0.5, 0.6) is 5.75 Å². The maximum Gasteiger partial charge on any atom is 0.306 e. The molecule has 5 rings (SSSR count). The van der Waals surface area contributed by atoms with Crippen LogP contribution in [-0.4, -0.2) is 25.5 Å². The summed E-state index contributed by atoms with van der Waals surface area (Å²) in [5, 5.41) is 0.373. The van der Waals surface area contributed by atoms with Gasteiger partial charge in [-0.3, -0.25) is 9.59 Å². The number of halogens is 1. The van der Waals surface area contributed by atoms with Gasteiger partial charge in [0, 0.05) is 5.56 Å². The molecule has 0 unspecified atom stereocenters. The van der Waals surface area contributed by atoms with E-state index in [-0.39, 0.29) is 23.8 Å². The number of Topliss-reactive ketones (excluding diaryl/α,β-unsaturated/α-hetero) is 1. The van der Waals surface area contributed by atoms with Crippen LogP contribution >= 0.6 is 11.6 Å². The lowest BCUT2D eigenvalue weighted by molar-refractivity contribution is -0.150. The van der Waals surface area contributed by atoms with Crippen LogP contribution in [-0.2, 0) is 9.53 Å². The molecule has 0 saturated heterocycles. The molecule has 26 heavy (non-hydrogen) atoms. The van der Waals surface area contributed by atoms with Crippen molar-refractivity contribution in [2.24, 2.45) is 23.2 Å². The number of hydrogen-bond acceptors (Lipinski definition) is 4. The summed E-state index contributed by atoms with van der Waals surface area (Å²) in [4.78, 5) is 24.7. The molecule has 0 heterocycles. The van der Waals surface area contributed by atoms with E-state index in [2.05, 4.69) is 0 Å². The first-order valence-corrected chi connectivity index (χ1v) is 9.86. The molecule has 4 saturated carbocycles. The van der Waals surface area contributed by atoms with E-state index in [1.165, 1.54) is 26.4 Å². The molecule has 0 N–H and O–H groups in total. The third kappa shape index (κ3) is 3.48. The molecule has 0 radical (unpaired) electrons. The molecule has 4 aliphatic rings. The Hall–Kier alpha value is -1.55. The van der Waals surface area contributed by atoms with Crippen LogP contribution in [0.25, 0.3) is 0 Å². The summed E-state index contributed by atoms with van der Waals surface area (Å²) < 4.78 is 10.4. The number of rotatable bonds is 6. The van der Waals surface area contributed by atoms with Gasteiger partial charge in [0.25, 0.3) is 0 Å². The molecule has 4 bridgehead atoms. The number of methoxy groups -OCH3 is 1. The van der Waals surface area contributed by atoms with E-state index >= 15 is 0 Å². The topological polar surface area (TPSA) is 52.6 Å². The van der Waals surface area contributed by atoms with Gasteiger partial charge in [-0.15, -0.1) is 0 Å². The molecular weight excluding hydrogens is 352 g/mol. The number of ketones is 1. The molecule has 0 aromatic heterocycles. The predicted molar refractivity (Wildman–Crippen MR) is 98.5 cm³/mol. The minimum absolute atomic E-state index is 0.137. The molecule has 4 aliphatic carbocycles. The van der Waals surface area contributed by atoms with Gasteiger partial charge in [0.15, 0.2) is 12.4 Å². The second-order valence-electron chi connectivity index (χ2n) is 8.53. The van der Waals surface area contributed by atoms with Gasteiger partial charge < -0.3 is 9.47 Å². The van der Waals surface area contributed by atoms with Gasteiger partial charge in [-0.25, -0.2) is 0 Å². The average Bonchev–Trinajstić information content (AvgIpc) is 2.58. The van der Waals surface area contributed by atoms with E-state index in [0.29, 0.717) is 22.8 Å². The SMILES string of the molecule is COc1ccc(C(=O)COC(=O)CC23CC4CC(CC(C4)C2)C3)cc1Cl. The van der Waals surface area contributed by atoms with E-state index in [9.17, 15) is 9.59 Å². The smallest absolute Gasteiger partial charge is 0.306 e. The summed E-state index contributed by atoms with van der Waals surface area (Å²) in [7, 11) is 1.52. The summed E-state index contributed by atoms with van der Waals surface area (Å²) in [6, 6.07) is 4.84. The fourth-order valence-corrected chi connectivity index (χ4v) is 6.19. The number of hydrogen-bond donors (Lipinski definition) is 0. The van der Waals surface area contributed by atoms with Crippen LogP contribution in [0.3, 0.4) is 0 Å². The molecule has 1 aromatic carbocycles. The van der Waals surface area contributed by atoms with Crippen LogP contribution < -0.4 is 4.74 Å². The zero-order valence-corrected chi connectivity index (χ0v) is 15.9. The Morgan fingerprint density at radius 1 is 1.12 bits per heavy atom. The zero-order chi connectivity index (χ0) is 18.3. The predicted octanol–water partition coefficient (Wildman–Crippen LogP) is 4.68. The largest absolute Gasteiger partial charge is 0.495 e. The lowest BCUT2D eigenvalue weighted by Crippen LogP contribution is -2.47. The molecule has 4 nitrogen and oxygen atoms in total. The van der Waals surface area contributed by atoms with Gasteiger partial charge in [-0.05, 0) is 79.9 Å². The highest BCUT2D eigenvalue weighted by atomic mass is 35.5. The third-order valence-electron chi connectivity index (χ3n) is 6.52. The lowest BCUT2D eigenvalue weighted by atomic mass is 9.49. The fourth-order valence-electron chi connectivity index (χ4n) is 5.93. The van der Waals surface area contributed by atoms with Gasteiger partial charge >= 0.3 is 5.97 Å². The summed E-state index contributed by atoms with van der Waals surface area (Å²) in [6.45, 7) is -0.228. The fraction of sp³-hybridized carbons (Fsp3) is 0.619. The van der Waals surface area contributed by atoms with Crippen molar-refractivity contribution in [2.45, 2.75) is 44.9 Å². The van der Waals surface area contributed by atoms with Crippen molar-refractivity contribution >= 4 is 23.4 Å². The van der Waals surface area contributed by atoms with Crippen LogP contribution in [0.15, 0.2) is 18.2 Å². The van der Waals surface area contributed by atoms with Gasteiger partial charge in [0.05, 0.1) is 18.6 Å². The second-order valence-corrected chi connectivity index (χ2v) is 8.93. The molecule has 0 atom stereocenters. The number of benzene rings is 1. The van der Waals surface area contributed by atoms with Crippen molar-refractivity contribution in [1.82, 2.24) is 0 Å². The monoisotopic (exact) mass is 376 g/mol. The highest BCUT2D eigenvalue weighted by Crippen LogP contribution is 2.61. The summed E-state index contributed by atoms with van der Waals surface area (Å²) in [6.07, 6.45) is 8.01. The summed E-state index contributed by atoms with van der Waals surface area (Å²) in [5.74, 6) is 2.45. The van der Waals surface area contributed by atoms with Crippen molar-refractivity contribution in [3.8, 4) is 5.75 Å². The van der Waals surface area contributed by atoms with E-state index in [1.54, 1.807) is 18.2 Å². The summed E-state index contributed by atoms with van der Waals surface area (Å²) in [5.41, 5.74) is 0.566. The quantitative estimate of drug-likeness (QED) is 0.534. The number of esters is 1. The Balaban J connectivity index is 1.33. The summed E-state index contributed by atoms with van der Waals surface area (Å²) >= 11 is 6.06. The highest BCUT2D eigenvalue weighted by Gasteiger charge is 2.51. The molecule has 5 heteroatoms. The van der Waals surface area contributed by atoms with Gasteiger partial charge in [0.2, 0.25) is 0 Å². The maximum absolute atomic E-state index is 12.4. The van der Waals surface area contributed by atoms with Crippen LogP contribution in [0.1, 0.15) is 55.3 Å². The molecule has 0 spiro atoms. The minimum Gasteiger partial charge on any atom is -0.495 e. The van der Waals surface area contributed by atoms with Crippen LogP contribution in [0, 0.1) is 23.2 Å². The van der Waals surface area contributed by atoms with Crippen molar-refractivity contribution in [2.75, 3.05) is 13.7 Å². The molecular formula is C21H25ClO4. The molecule has 0 amide bonds. The number of carbonyl (C=O) groups is 2. The highest BCUT2D eigenvalue weighted by molar-refractivity contribution is 6.32. The normalized spacial score (nSPS) is 31.7. The Morgan fingerprint density at radius 2 is 1.73 bits per heavy atom. The van der Waals surface area contributed by atoms with Crippen molar-refractivity contribution < 1.29 is 19.1 Å². The molecule has 4 fully saturated rings. The van der Waals surface area contributed by atoms with Gasteiger partial charge in [-0.2, -0.15) is 0 Å². The van der Waals surface area contributed by atoms with Crippen molar-refractivity contribution in [1.29, 1.82) is 0 Å². The van der Waals surface area contributed by atoms with Crippen LogP contribution in [0.2, 0.25) is 5.02 Å². The van der Waals surface area contributed by atoms with Gasteiger partial charge in [-0.1, -0.05) is 11.6 Å². The van der Waals surface area contributed by atoms with E-state index < -0.39 is 0 Å². The standard InChI is InChI=1S/C21H25ClO4/c1-25-19-3-2-16(7-17(19)22)18(23)12-26-20(24)11-21-8-13-4-14(9-21)6-15(5-13)10-21/h2-3,7,13-15H,4-6,8-12H2,1H3. The molecule has 140 valence electrons. The van der Waals surface area contributed by atoms with E-state index in [1.807, 2.05) is 0 Å². The number of carbonyl (C=O) groups excluding carboxylic acids is 2. The first kappa shape index (κ1) is 17.8. The Morgan fingerprint density at radius 3 is 2.27 bits per heavy atom.